The molecule has 0 bridgehead atoms. The monoisotopic (exact) mass is 519 g/mol. The van der Waals surface area contributed by atoms with Crippen LogP contribution in [0, 0.1) is 23.2 Å². The van der Waals surface area contributed by atoms with E-state index in [1.165, 1.54) is 6.07 Å². The highest BCUT2D eigenvalue weighted by atomic mass is 19.4. The fourth-order valence-corrected chi connectivity index (χ4v) is 4.76. The van der Waals surface area contributed by atoms with Crippen molar-refractivity contribution < 1.29 is 17.9 Å². The zero-order chi connectivity index (χ0) is 26.9. The Morgan fingerprint density at radius 3 is 2.53 bits per heavy atom. The van der Waals surface area contributed by atoms with Gasteiger partial charge in [-0.1, -0.05) is 26.0 Å². The Labute approximate surface area is 217 Å². The van der Waals surface area contributed by atoms with Gasteiger partial charge in [-0.2, -0.15) is 33.4 Å². The van der Waals surface area contributed by atoms with Crippen molar-refractivity contribution in [1.29, 1.82) is 5.26 Å². The Bertz CT molecular complexity index is 1500. The highest BCUT2D eigenvalue weighted by molar-refractivity contribution is 5.84. The van der Waals surface area contributed by atoms with Crippen molar-refractivity contribution >= 4 is 28.5 Å². The highest BCUT2D eigenvalue weighted by Gasteiger charge is 2.34. The largest absolute Gasteiger partial charge is 0.423 e. The molecule has 2 atom stereocenters. The molecule has 1 aliphatic heterocycles. The van der Waals surface area contributed by atoms with Gasteiger partial charge in [-0.05, 0) is 54.7 Å². The number of nitrogens with one attached hydrogen (secondary N) is 1. The number of hydrogen-bond acceptors (Lipinski definition) is 8. The first-order valence-electron chi connectivity index (χ1n) is 12.1. The van der Waals surface area contributed by atoms with Crippen LogP contribution in [0.5, 0.6) is 11.8 Å². The molecule has 3 heterocycles. The molecule has 1 saturated heterocycles. The Morgan fingerprint density at radius 1 is 1.03 bits per heavy atom. The average Bonchev–Trinajstić information content (AvgIpc) is 2.88. The van der Waals surface area contributed by atoms with E-state index >= 15 is 0 Å². The number of rotatable bonds is 5. The molecule has 0 spiro atoms. The van der Waals surface area contributed by atoms with Gasteiger partial charge in [0.05, 0.1) is 22.7 Å². The summed E-state index contributed by atoms with van der Waals surface area (Å²) in [7, 11) is 0. The van der Waals surface area contributed by atoms with E-state index in [-0.39, 0.29) is 17.6 Å². The summed E-state index contributed by atoms with van der Waals surface area (Å²) >= 11 is 0. The SMILES string of the molecule is CC1CC(C)CN(c2nc(Nc3ccc(C#N)c(C(F)(F)F)c3)nc(Oc3ccnc4ccccc34)n2)C1. The second kappa shape index (κ2) is 10.1. The molecule has 38 heavy (non-hydrogen) atoms. The number of alkyl halides is 3. The number of fused-ring (bicyclic) bond motifs is 1. The van der Waals surface area contributed by atoms with Crippen molar-refractivity contribution in [2.45, 2.75) is 26.4 Å². The molecule has 5 rings (SSSR count). The second-order valence-corrected chi connectivity index (χ2v) is 9.52. The number of hydrogen-bond donors (Lipinski definition) is 1. The lowest BCUT2D eigenvalue weighted by Crippen LogP contribution is -2.39. The summed E-state index contributed by atoms with van der Waals surface area (Å²) in [5, 5.41) is 12.7. The predicted octanol–water partition coefficient (Wildman–Crippen LogP) is 6.33. The lowest BCUT2D eigenvalue weighted by atomic mass is 9.92. The molecule has 0 aliphatic carbocycles. The van der Waals surface area contributed by atoms with Crippen LogP contribution in [0.2, 0.25) is 0 Å². The standard InChI is InChI=1S/C27H24F3N7O/c1-16-11-17(2)15-37(14-16)25-34-24(33-19-8-7-18(13-31)21(12-19)27(28,29)30)35-26(36-25)38-23-9-10-32-22-6-4-3-5-20(22)23/h3-10,12,16-17H,11,14-15H2,1-2H3,(H,33,34,35,36). The maximum Gasteiger partial charge on any atom is 0.417 e. The fraction of sp³-hybridized carbons (Fsp3) is 0.296. The Balaban J connectivity index is 1.54. The van der Waals surface area contributed by atoms with E-state index in [4.69, 9.17) is 10.00 Å². The first kappa shape index (κ1) is 25.2. The number of nitriles is 1. The highest BCUT2D eigenvalue weighted by Crippen LogP contribution is 2.35. The number of piperidine rings is 1. The van der Waals surface area contributed by atoms with Crippen LogP contribution in [-0.4, -0.2) is 33.0 Å². The van der Waals surface area contributed by atoms with Gasteiger partial charge < -0.3 is 15.0 Å². The number of pyridine rings is 1. The van der Waals surface area contributed by atoms with Crippen LogP contribution in [0.4, 0.5) is 30.8 Å². The smallest absolute Gasteiger partial charge is 0.417 e. The molecule has 194 valence electrons. The number of benzene rings is 2. The van der Waals surface area contributed by atoms with Crippen molar-refractivity contribution in [2.75, 3.05) is 23.3 Å². The minimum Gasteiger partial charge on any atom is -0.423 e. The molecule has 1 aliphatic rings. The van der Waals surface area contributed by atoms with Gasteiger partial charge in [0.2, 0.25) is 11.9 Å². The average molecular weight is 520 g/mol. The van der Waals surface area contributed by atoms with Crippen molar-refractivity contribution in [3.8, 4) is 17.8 Å². The van der Waals surface area contributed by atoms with E-state index in [2.05, 4.69) is 39.1 Å². The van der Waals surface area contributed by atoms with Gasteiger partial charge in [-0.25, -0.2) is 0 Å². The van der Waals surface area contributed by atoms with Gasteiger partial charge in [0.15, 0.2) is 0 Å². The number of aromatic nitrogens is 4. The van der Waals surface area contributed by atoms with E-state index < -0.39 is 17.3 Å². The van der Waals surface area contributed by atoms with E-state index in [9.17, 15) is 13.2 Å². The van der Waals surface area contributed by atoms with Gasteiger partial charge in [0, 0.05) is 30.4 Å². The van der Waals surface area contributed by atoms with Crippen LogP contribution in [0.1, 0.15) is 31.4 Å². The molecule has 0 amide bonds. The number of nitrogens with zero attached hydrogens (tertiary/aromatic N) is 6. The lowest BCUT2D eigenvalue weighted by Gasteiger charge is -2.35. The topological polar surface area (TPSA) is 99.9 Å². The zero-order valence-corrected chi connectivity index (χ0v) is 20.7. The van der Waals surface area contributed by atoms with Gasteiger partial charge in [-0.3, -0.25) is 4.98 Å². The molecule has 0 saturated carbocycles. The Morgan fingerprint density at radius 2 is 1.79 bits per heavy atom. The van der Waals surface area contributed by atoms with E-state index in [0.29, 0.717) is 23.5 Å². The molecule has 2 aromatic carbocycles. The van der Waals surface area contributed by atoms with Crippen molar-refractivity contribution in [2.24, 2.45) is 11.8 Å². The number of para-hydroxylation sites is 1. The summed E-state index contributed by atoms with van der Waals surface area (Å²) in [5.41, 5.74) is -0.704. The summed E-state index contributed by atoms with van der Waals surface area (Å²) < 4.78 is 46.6. The second-order valence-electron chi connectivity index (χ2n) is 9.52. The molecule has 11 heteroatoms. The quantitative estimate of drug-likeness (QED) is 0.327. The van der Waals surface area contributed by atoms with Crippen LogP contribution in [0.3, 0.4) is 0 Å². The van der Waals surface area contributed by atoms with Crippen LogP contribution in [0.15, 0.2) is 54.7 Å². The van der Waals surface area contributed by atoms with Crippen LogP contribution in [-0.2, 0) is 6.18 Å². The van der Waals surface area contributed by atoms with Gasteiger partial charge >= 0.3 is 12.2 Å². The first-order chi connectivity index (χ1) is 18.2. The number of halogens is 3. The lowest BCUT2D eigenvalue weighted by molar-refractivity contribution is -0.137. The third-order valence-electron chi connectivity index (χ3n) is 6.27. The molecule has 0 radical (unpaired) electrons. The maximum absolute atomic E-state index is 13.5. The summed E-state index contributed by atoms with van der Waals surface area (Å²) in [6.45, 7) is 5.75. The summed E-state index contributed by atoms with van der Waals surface area (Å²) in [4.78, 5) is 19.8. The van der Waals surface area contributed by atoms with Crippen molar-refractivity contribution in [3.05, 3.63) is 65.9 Å². The molecule has 1 fully saturated rings. The molecular formula is C27H24F3N7O. The third kappa shape index (κ3) is 5.44. The molecule has 2 unspecified atom stereocenters. The minimum atomic E-state index is -4.69. The van der Waals surface area contributed by atoms with Crippen molar-refractivity contribution in [3.63, 3.8) is 0 Å². The van der Waals surface area contributed by atoms with E-state index in [1.807, 2.05) is 29.2 Å². The maximum atomic E-state index is 13.5. The normalized spacial score (nSPS) is 17.7. The summed E-state index contributed by atoms with van der Waals surface area (Å²) in [6, 6.07) is 14.1. The predicted molar refractivity (Wildman–Crippen MR) is 136 cm³/mol. The van der Waals surface area contributed by atoms with Crippen molar-refractivity contribution in [1.82, 2.24) is 19.9 Å². The van der Waals surface area contributed by atoms with Gasteiger partial charge in [0.25, 0.3) is 0 Å². The fourth-order valence-electron chi connectivity index (χ4n) is 4.76. The van der Waals surface area contributed by atoms with Crippen LogP contribution in [0.25, 0.3) is 10.9 Å². The molecule has 4 aromatic rings. The molecule has 1 N–H and O–H groups in total. The summed E-state index contributed by atoms with van der Waals surface area (Å²) in [6.07, 6.45) is -2.00. The third-order valence-corrected chi connectivity index (χ3v) is 6.27. The van der Waals surface area contributed by atoms with Gasteiger partial charge in [0.1, 0.15) is 5.75 Å². The Hall–Kier alpha value is -4.46. The summed E-state index contributed by atoms with van der Waals surface area (Å²) in [5.74, 6) is 1.68. The Kier molecular flexibility index (Phi) is 6.72. The van der Waals surface area contributed by atoms with Crippen LogP contribution < -0.4 is 15.0 Å². The molecule has 2 aromatic heterocycles. The molecular weight excluding hydrogens is 495 g/mol. The minimum absolute atomic E-state index is 0.00979. The van der Waals surface area contributed by atoms with E-state index in [0.717, 1.165) is 42.5 Å². The zero-order valence-electron chi connectivity index (χ0n) is 20.7. The number of ether oxygens (including phenoxy) is 1. The molecule has 8 nitrogen and oxygen atoms in total. The van der Waals surface area contributed by atoms with Crippen LogP contribution >= 0.6 is 0 Å². The van der Waals surface area contributed by atoms with Gasteiger partial charge in [-0.15, -0.1) is 0 Å². The first-order valence-corrected chi connectivity index (χ1v) is 12.1. The number of anilines is 3. The van der Waals surface area contributed by atoms with E-state index in [1.54, 1.807) is 18.3 Å².